The Morgan fingerprint density at radius 3 is 2.52 bits per heavy atom. The molecule has 1 amide bonds. The summed E-state index contributed by atoms with van der Waals surface area (Å²) in [5.74, 6) is -0.508. The second kappa shape index (κ2) is 9.09. The van der Waals surface area contributed by atoms with Crippen LogP contribution in [0.1, 0.15) is 35.0 Å². The lowest BCUT2D eigenvalue weighted by atomic mass is 9.97. The van der Waals surface area contributed by atoms with Crippen molar-refractivity contribution in [3.05, 3.63) is 65.2 Å². The minimum atomic E-state index is -4.49. The molecule has 0 atom stereocenters. The Hall–Kier alpha value is -2.87. The summed E-state index contributed by atoms with van der Waals surface area (Å²) < 4.78 is 38.5. The second-order valence-electron chi connectivity index (χ2n) is 6.36. The van der Waals surface area contributed by atoms with Crippen molar-refractivity contribution in [2.75, 3.05) is 17.2 Å². The zero-order chi connectivity index (χ0) is 20.9. The van der Waals surface area contributed by atoms with Crippen LogP contribution in [-0.4, -0.2) is 17.4 Å². The van der Waals surface area contributed by atoms with E-state index in [0.717, 1.165) is 24.6 Å². The predicted octanol–water partition coefficient (Wildman–Crippen LogP) is 6.29. The molecule has 1 heterocycles. The molecule has 0 saturated carbocycles. The molecule has 0 bridgehead atoms. The molecule has 0 aliphatic carbocycles. The van der Waals surface area contributed by atoms with Gasteiger partial charge in [-0.3, -0.25) is 10.1 Å². The van der Waals surface area contributed by atoms with Gasteiger partial charge in [0.2, 0.25) is 0 Å². The summed E-state index contributed by atoms with van der Waals surface area (Å²) in [7, 11) is 0. The van der Waals surface area contributed by atoms with E-state index in [1.165, 1.54) is 0 Å². The van der Waals surface area contributed by atoms with Gasteiger partial charge in [0.15, 0.2) is 5.13 Å². The molecule has 0 radical (unpaired) electrons. The van der Waals surface area contributed by atoms with Crippen LogP contribution in [0.3, 0.4) is 0 Å². The third-order valence-electron chi connectivity index (χ3n) is 4.23. The van der Waals surface area contributed by atoms with Gasteiger partial charge >= 0.3 is 6.18 Å². The third-order valence-corrected chi connectivity index (χ3v) is 5.19. The standard InChI is InChI=1S/C21H20F3N3OS/c1-2-3-12-25-16-11-7-10-15(14-8-5-4-6-9-14)18(16)19(28)27-20-26-13-17(29-20)21(22,23)24/h4-11,13,25H,2-3,12H2,1H3,(H,26,27,28). The van der Waals surface area contributed by atoms with E-state index < -0.39 is 17.0 Å². The smallest absolute Gasteiger partial charge is 0.384 e. The van der Waals surface area contributed by atoms with Crippen LogP contribution in [0.5, 0.6) is 0 Å². The Morgan fingerprint density at radius 2 is 1.86 bits per heavy atom. The number of rotatable bonds is 7. The lowest BCUT2D eigenvalue weighted by Gasteiger charge is -2.16. The number of halogens is 3. The van der Waals surface area contributed by atoms with Crippen LogP contribution >= 0.6 is 11.3 Å². The second-order valence-corrected chi connectivity index (χ2v) is 7.39. The van der Waals surface area contributed by atoms with Crippen molar-refractivity contribution in [3.63, 3.8) is 0 Å². The summed E-state index contributed by atoms with van der Waals surface area (Å²) in [6.07, 6.45) is -1.84. The van der Waals surface area contributed by atoms with E-state index in [9.17, 15) is 18.0 Å². The summed E-state index contributed by atoms with van der Waals surface area (Å²) in [5, 5.41) is 5.69. The van der Waals surface area contributed by atoms with Gasteiger partial charge in [0.05, 0.1) is 11.8 Å². The Kier molecular flexibility index (Phi) is 6.53. The van der Waals surface area contributed by atoms with Crippen LogP contribution in [0, 0.1) is 0 Å². The number of unbranched alkanes of at least 4 members (excludes halogenated alkanes) is 1. The van der Waals surface area contributed by atoms with Crippen molar-refractivity contribution in [1.29, 1.82) is 0 Å². The van der Waals surface area contributed by atoms with Crippen LogP contribution in [0.4, 0.5) is 24.0 Å². The molecule has 1 aromatic heterocycles. The molecule has 3 rings (SSSR count). The summed E-state index contributed by atoms with van der Waals surface area (Å²) in [6.45, 7) is 2.75. The fourth-order valence-corrected chi connectivity index (χ4v) is 3.50. The third kappa shape index (κ3) is 5.14. The zero-order valence-corrected chi connectivity index (χ0v) is 16.5. The highest BCUT2D eigenvalue weighted by atomic mass is 32.1. The first-order valence-corrected chi connectivity index (χ1v) is 9.98. The maximum Gasteiger partial charge on any atom is 0.427 e. The van der Waals surface area contributed by atoms with Crippen molar-refractivity contribution in [2.45, 2.75) is 25.9 Å². The number of benzene rings is 2. The van der Waals surface area contributed by atoms with Gasteiger partial charge in [-0.1, -0.05) is 67.1 Å². The molecule has 3 aromatic rings. The summed E-state index contributed by atoms with van der Waals surface area (Å²) in [6, 6.07) is 14.8. The van der Waals surface area contributed by atoms with Crippen LogP contribution in [0.15, 0.2) is 54.7 Å². The number of aromatic nitrogens is 1. The topological polar surface area (TPSA) is 54.0 Å². The number of carbonyl (C=O) groups excluding carboxylic acids is 1. The van der Waals surface area contributed by atoms with Crippen LogP contribution in [-0.2, 0) is 6.18 Å². The molecule has 8 heteroatoms. The number of alkyl halides is 3. The van der Waals surface area contributed by atoms with E-state index >= 15 is 0 Å². The van der Waals surface area contributed by atoms with E-state index in [1.54, 1.807) is 6.07 Å². The fraction of sp³-hybridized carbons (Fsp3) is 0.238. The molecule has 2 N–H and O–H groups in total. The summed E-state index contributed by atoms with van der Waals surface area (Å²) in [5.41, 5.74) is 2.53. The molecule has 0 spiro atoms. The number of hydrogen-bond acceptors (Lipinski definition) is 4. The Morgan fingerprint density at radius 1 is 1.10 bits per heavy atom. The minimum Gasteiger partial charge on any atom is -0.384 e. The van der Waals surface area contributed by atoms with E-state index in [2.05, 4.69) is 22.5 Å². The first kappa shape index (κ1) is 20.9. The highest BCUT2D eigenvalue weighted by molar-refractivity contribution is 7.15. The highest BCUT2D eigenvalue weighted by Crippen LogP contribution is 2.36. The number of nitrogens with one attached hydrogen (secondary N) is 2. The maximum atomic E-state index is 13.1. The first-order valence-electron chi connectivity index (χ1n) is 9.17. The van der Waals surface area contributed by atoms with E-state index in [4.69, 9.17) is 0 Å². The van der Waals surface area contributed by atoms with Crippen LogP contribution < -0.4 is 10.6 Å². The monoisotopic (exact) mass is 419 g/mol. The van der Waals surface area contributed by atoms with Gasteiger partial charge in [-0.2, -0.15) is 13.2 Å². The summed E-state index contributed by atoms with van der Waals surface area (Å²) >= 11 is 0.403. The average Bonchev–Trinajstić information content (AvgIpc) is 3.17. The molecule has 2 aromatic carbocycles. The lowest BCUT2D eigenvalue weighted by molar-refractivity contribution is -0.134. The van der Waals surface area contributed by atoms with Crippen molar-refractivity contribution < 1.29 is 18.0 Å². The molecule has 0 unspecified atom stereocenters. The van der Waals surface area contributed by atoms with E-state index in [1.807, 2.05) is 42.5 Å². The van der Waals surface area contributed by atoms with Gasteiger partial charge in [0.25, 0.3) is 5.91 Å². The van der Waals surface area contributed by atoms with Gasteiger partial charge < -0.3 is 5.32 Å². The fourth-order valence-electron chi connectivity index (χ4n) is 2.82. The summed E-state index contributed by atoms with van der Waals surface area (Å²) in [4.78, 5) is 15.9. The Balaban J connectivity index is 1.96. The van der Waals surface area contributed by atoms with Gasteiger partial charge in [0.1, 0.15) is 4.88 Å². The van der Waals surface area contributed by atoms with Crippen molar-refractivity contribution >= 4 is 28.1 Å². The van der Waals surface area contributed by atoms with Gasteiger partial charge in [-0.05, 0) is 23.6 Å². The molecule has 0 fully saturated rings. The molecule has 152 valence electrons. The van der Waals surface area contributed by atoms with E-state index in [-0.39, 0.29) is 5.13 Å². The van der Waals surface area contributed by atoms with Crippen molar-refractivity contribution in [3.8, 4) is 11.1 Å². The maximum absolute atomic E-state index is 13.1. The number of anilines is 2. The van der Waals surface area contributed by atoms with Crippen LogP contribution in [0.2, 0.25) is 0 Å². The number of nitrogens with zero attached hydrogens (tertiary/aromatic N) is 1. The SMILES string of the molecule is CCCCNc1cccc(-c2ccccc2)c1C(=O)Nc1ncc(C(F)(F)F)s1. The van der Waals surface area contributed by atoms with Gasteiger partial charge in [-0.25, -0.2) is 4.98 Å². The number of carbonyl (C=O) groups is 1. The Labute approximate surface area is 170 Å². The first-order chi connectivity index (χ1) is 13.9. The molecule has 0 aliphatic heterocycles. The molecule has 0 aliphatic rings. The Bertz CT molecular complexity index is 971. The zero-order valence-electron chi connectivity index (χ0n) is 15.7. The minimum absolute atomic E-state index is 0.0929. The molecular formula is C21H20F3N3OS. The van der Waals surface area contributed by atoms with Crippen LogP contribution in [0.25, 0.3) is 11.1 Å². The predicted molar refractivity (Wildman–Crippen MR) is 110 cm³/mol. The number of amides is 1. The number of hydrogen-bond donors (Lipinski definition) is 2. The highest BCUT2D eigenvalue weighted by Gasteiger charge is 2.33. The van der Waals surface area contributed by atoms with Gasteiger partial charge in [-0.15, -0.1) is 0 Å². The normalized spacial score (nSPS) is 11.3. The molecule has 29 heavy (non-hydrogen) atoms. The average molecular weight is 419 g/mol. The molecular weight excluding hydrogens is 399 g/mol. The lowest BCUT2D eigenvalue weighted by Crippen LogP contribution is -2.16. The van der Waals surface area contributed by atoms with Gasteiger partial charge in [0, 0.05) is 12.2 Å². The molecule has 0 saturated heterocycles. The van der Waals surface area contributed by atoms with E-state index in [0.29, 0.717) is 34.7 Å². The quantitative estimate of drug-likeness (QED) is 0.442. The van der Waals surface area contributed by atoms with Crippen molar-refractivity contribution in [1.82, 2.24) is 4.98 Å². The molecule has 4 nitrogen and oxygen atoms in total. The van der Waals surface area contributed by atoms with Crippen molar-refractivity contribution in [2.24, 2.45) is 0 Å². The largest absolute Gasteiger partial charge is 0.427 e. The number of thiazole rings is 1.